The zero-order valence-corrected chi connectivity index (χ0v) is 18.0. The SMILES string of the molecule is CCCNc1nc(NC)c2nc(N[C@H]3c4ccccc4C[C@H]3O)nc(NC)c2n1.Cl. The number of benzene rings is 1. The van der Waals surface area contributed by atoms with Crippen molar-refractivity contribution in [3.05, 3.63) is 35.4 Å². The van der Waals surface area contributed by atoms with Crippen LogP contribution in [-0.2, 0) is 6.42 Å². The van der Waals surface area contributed by atoms with Gasteiger partial charge in [0.1, 0.15) is 11.0 Å². The number of fused-ring (bicyclic) bond motifs is 2. The van der Waals surface area contributed by atoms with Crippen LogP contribution >= 0.6 is 12.4 Å². The summed E-state index contributed by atoms with van der Waals surface area (Å²) in [6.07, 6.45) is 1.04. The maximum atomic E-state index is 10.6. The summed E-state index contributed by atoms with van der Waals surface area (Å²) in [5, 5.41) is 23.3. The first-order valence-electron chi connectivity index (χ1n) is 9.86. The first-order chi connectivity index (χ1) is 14.1. The van der Waals surface area contributed by atoms with Crippen LogP contribution in [-0.4, -0.2) is 51.8 Å². The summed E-state index contributed by atoms with van der Waals surface area (Å²) >= 11 is 0. The third-order valence-corrected chi connectivity index (χ3v) is 5.04. The summed E-state index contributed by atoms with van der Waals surface area (Å²) in [6.45, 7) is 2.87. The third kappa shape index (κ3) is 4.03. The van der Waals surface area contributed by atoms with Gasteiger partial charge in [0, 0.05) is 27.1 Å². The molecule has 0 spiro atoms. The highest BCUT2D eigenvalue weighted by Crippen LogP contribution is 2.34. The Morgan fingerprint density at radius 3 is 2.27 bits per heavy atom. The molecule has 3 aromatic rings. The number of nitrogens with one attached hydrogen (secondary N) is 4. The van der Waals surface area contributed by atoms with E-state index in [9.17, 15) is 5.11 Å². The standard InChI is InChI=1S/C20H26N8O.ClH/c1-4-9-23-19-25-15-16(17(21-2)27-19)26-20(28-18(15)22-3)24-14-12-8-6-5-7-11(12)10-13(14)29;/h5-8,13-14,29H,4,9-10H2,1-3H3,(H2,21,23,25,27)(H2,22,24,26,28);1H/t13-,14+;/m1./s1. The molecule has 160 valence electrons. The van der Waals surface area contributed by atoms with E-state index in [1.165, 1.54) is 0 Å². The highest BCUT2D eigenvalue weighted by Gasteiger charge is 2.31. The Bertz CT molecular complexity index is 1030. The molecule has 0 bridgehead atoms. The lowest BCUT2D eigenvalue weighted by Crippen LogP contribution is -2.22. The van der Waals surface area contributed by atoms with Crippen molar-refractivity contribution in [1.82, 2.24) is 19.9 Å². The van der Waals surface area contributed by atoms with Gasteiger partial charge in [-0.25, -0.2) is 9.97 Å². The lowest BCUT2D eigenvalue weighted by Gasteiger charge is -2.19. The maximum absolute atomic E-state index is 10.6. The molecule has 2 heterocycles. The Morgan fingerprint density at radius 2 is 1.60 bits per heavy atom. The van der Waals surface area contributed by atoms with Gasteiger partial charge in [-0.1, -0.05) is 31.2 Å². The minimum atomic E-state index is -0.537. The number of aromatic nitrogens is 4. The number of rotatable bonds is 7. The van der Waals surface area contributed by atoms with Crippen molar-refractivity contribution in [3.63, 3.8) is 0 Å². The Balaban J connectivity index is 0.00000256. The van der Waals surface area contributed by atoms with Crippen LogP contribution in [0.2, 0.25) is 0 Å². The van der Waals surface area contributed by atoms with E-state index in [1.807, 2.05) is 24.3 Å². The lowest BCUT2D eigenvalue weighted by molar-refractivity contribution is 0.165. The van der Waals surface area contributed by atoms with Gasteiger partial charge < -0.3 is 26.4 Å². The fourth-order valence-electron chi connectivity index (χ4n) is 3.63. The van der Waals surface area contributed by atoms with Crippen LogP contribution in [0.4, 0.5) is 23.5 Å². The van der Waals surface area contributed by atoms with Crippen LogP contribution in [0, 0.1) is 0 Å². The Labute approximate surface area is 181 Å². The van der Waals surface area contributed by atoms with Crippen LogP contribution in [0.5, 0.6) is 0 Å². The number of nitrogens with zero attached hydrogens (tertiary/aromatic N) is 4. The highest BCUT2D eigenvalue weighted by molar-refractivity contribution is 5.94. The second kappa shape index (κ2) is 9.27. The van der Waals surface area contributed by atoms with Crippen molar-refractivity contribution in [2.24, 2.45) is 0 Å². The molecule has 9 nitrogen and oxygen atoms in total. The molecule has 1 aromatic carbocycles. The smallest absolute Gasteiger partial charge is 0.226 e. The average molecular weight is 431 g/mol. The Kier molecular flexibility index (Phi) is 6.73. The molecule has 0 saturated carbocycles. The predicted octanol–water partition coefficient (Wildman–Crippen LogP) is 2.82. The highest BCUT2D eigenvalue weighted by atomic mass is 35.5. The molecule has 1 aliphatic rings. The first-order valence-corrected chi connectivity index (χ1v) is 9.86. The van der Waals surface area contributed by atoms with E-state index >= 15 is 0 Å². The zero-order chi connectivity index (χ0) is 20.4. The molecule has 5 N–H and O–H groups in total. The molecule has 0 saturated heterocycles. The largest absolute Gasteiger partial charge is 0.390 e. The second-order valence-electron chi connectivity index (χ2n) is 7.01. The average Bonchev–Trinajstić information content (AvgIpc) is 3.06. The fourth-order valence-corrected chi connectivity index (χ4v) is 3.63. The van der Waals surface area contributed by atoms with Gasteiger partial charge in [0.15, 0.2) is 11.6 Å². The van der Waals surface area contributed by atoms with Gasteiger partial charge in [-0.15, -0.1) is 12.4 Å². The van der Waals surface area contributed by atoms with Crippen molar-refractivity contribution in [2.75, 3.05) is 41.9 Å². The maximum Gasteiger partial charge on any atom is 0.226 e. The predicted molar refractivity (Wildman–Crippen MR) is 123 cm³/mol. The van der Waals surface area contributed by atoms with Gasteiger partial charge >= 0.3 is 0 Å². The molecule has 0 fully saturated rings. The van der Waals surface area contributed by atoms with E-state index in [1.54, 1.807) is 14.1 Å². The van der Waals surface area contributed by atoms with Crippen molar-refractivity contribution in [1.29, 1.82) is 0 Å². The monoisotopic (exact) mass is 430 g/mol. The first kappa shape index (κ1) is 21.8. The molecule has 2 atom stereocenters. The van der Waals surface area contributed by atoms with E-state index in [4.69, 9.17) is 0 Å². The van der Waals surface area contributed by atoms with Crippen LogP contribution in [0.15, 0.2) is 24.3 Å². The van der Waals surface area contributed by atoms with Crippen molar-refractivity contribution in [2.45, 2.75) is 31.9 Å². The minimum absolute atomic E-state index is 0. The number of aliphatic hydroxyl groups excluding tert-OH is 1. The summed E-state index contributed by atoms with van der Waals surface area (Å²) < 4.78 is 0. The molecule has 0 radical (unpaired) electrons. The van der Waals surface area contributed by atoms with Gasteiger partial charge in [0.2, 0.25) is 11.9 Å². The molecule has 30 heavy (non-hydrogen) atoms. The van der Waals surface area contributed by atoms with Gasteiger partial charge in [-0.05, 0) is 17.5 Å². The van der Waals surface area contributed by atoms with E-state index < -0.39 is 6.10 Å². The normalized spacial score (nSPS) is 17.2. The molecule has 0 aliphatic heterocycles. The molecule has 4 rings (SSSR count). The summed E-state index contributed by atoms with van der Waals surface area (Å²) in [5.74, 6) is 2.15. The minimum Gasteiger partial charge on any atom is -0.390 e. The second-order valence-corrected chi connectivity index (χ2v) is 7.01. The molecule has 10 heteroatoms. The Morgan fingerprint density at radius 1 is 0.967 bits per heavy atom. The fraction of sp³-hybridized carbons (Fsp3) is 0.400. The molecular weight excluding hydrogens is 404 g/mol. The van der Waals surface area contributed by atoms with Crippen molar-refractivity contribution < 1.29 is 5.11 Å². The molecule has 0 amide bonds. The zero-order valence-electron chi connectivity index (χ0n) is 17.2. The van der Waals surface area contributed by atoms with E-state index in [-0.39, 0.29) is 18.4 Å². The van der Waals surface area contributed by atoms with E-state index in [0.717, 1.165) is 24.1 Å². The summed E-state index contributed by atoms with van der Waals surface area (Å²) in [6, 6.07) is 7.76. The van der Waals surface area contributed by atoms with Crippen LogP contribution < -0.4 is 21.3 Å². The van der Waals surface area contributed by atoms with Gasteiger partial charge in [-0.2, -0.15) is 9.97 Å². The molecule has 2 aromatic heterocycles. The molecule has 1 aliphatic carbocycles. The molecular formula is C20H27ClN8O. The quantitative estimate of drug-likeness (QED) is 0.385. The number of hydrogen-bond donors (Lipinski definition) is 5. The van der Waals surface area contributed by atoms with E-state index in [2.05, 4.69) is 48.1 Å². The molecule has 0 unspecified atom stereocenters. The number of hydrogen-bond acceptors (Lipinski definition) is 9. The van der Waals surface area contributed by atoms with Crippen LogP contribution in [0.25, 0.3) is 11.0 Å². The van der Waals surface area contributed by atoms with Gasteiger partial charge in [0.05, 0.1) is 12.1 Å². The topological polar surface area (TPSA) is 120 Å². The van der Waals surface area contributed by atoms with Gasteiger partial charge in [-0.3, -0.25) is 0 Å². The van der Waals surface area contributed by atoms with Gasteiger partial charge in [0.25, 0.3) is 0 Å². The number of anilines is 4. The third-order valence-electron chi connectivity index (χ3n) is 5.04. The summed E-state index contributed by atoms with van der Waals surface area (Å²) in [7, 11) is 3.60. The Hall–Kier alpha value is -2.91. The van der Waals surface area contributed by atoms with E-state index in [0.29, 0.717) is 41.0 Å². The lowest BCUT2D eigenvalue weighted by atomic mass is 10.1. The summed E-state index contributed by atoms with van der Waals surface area (Å²) in [5.41, 5.74) is 3.44. The summed E-state index contributed by atoms with van der Waals surface area (Å²) in [4.78, 5) is 18.4. The number of halogens is 1. The van der Waals surface area contributed by atoms with Crippen LogP contribution in [0.3, 0.4) is 0 Å². The van der Waals surface area contributed by atoms with Crippen molar-refractivity contribution in [3.8, 4) is 0 Å². The number of aliphatic hydroxyl groups is 1. The van der Waals surface area contributed by atoms with Crippen LogP contribution in [0.1, 0.15) is 30.5 Å². The van der Waals surface area contributed by atoms with Crippen molar-refractivity contribution >= 4 is 47.0 Å².